The molecule has 0 radical (unpaired) electrons. The molecule has 1 rings (SSSR count). The first-order valence-corrected chi connectivity index (χ1v) is 5.63. The van der Waals surface area contributed by atoms with E-state index in [9.17, 15) is 9.59 Å². The van der Waals surface area contributed by atoms with Crippen LogP contribution in [0, 0.1) is 0 Å². The maximum atomic E-state index is 11.5. The van der Waals surface area contributed by atoms with Crippen LogP contribution in [0.4, 0.5) is 0 Å². The molecule has 0 spiro atoms. The Morgan fingerprint density at radius 2 is 2.28 bits per heavy atom. The van der Waals surface area contributed by atoms with E-state index in [4.69, 9.17) is 5.11 Å². The van der Waals surface area contributed by atoms with Gasteiger partial charge in [0.05, 0.1) is 12.7 Å². The Balaban J connectivity index is 2.39. The quantitative estimate of drug-likeness (QED) is 0.716. The zero-order valence-electron chi connectivity index (χ0n) is 10.4. The summed E-state index contributed by atoms with van der Waals surface area (Å²) in [6, 6.07) is 0. The third-order valence-corrected chi connectivity index (χ3v) is 2.25. The van der Waals surface area contributed by atoms with Gasteiger partial charge in [0.2, 0.25) is 5.91 Å². The van der Waals surface area contributed by atoms with Crippen molar-refractivity contribution >= 4 is 11.9 Å². The Bertz CT molecular complexity index is 465. The fourth-order valence-corrected chi connectivity index (χ4v) is 1.33. The maximum Gasteiger partial charge on any atom is 0.358 e. The Labute approximate surface area is 104 Å². The number of allylic oxidation sites excluding steroid dienone is 1. The highest BCUT2D eigenvalue weighted by Crippen LogP contribution is 1.95. The van der Waals surface area contributed by atoms with Crippen LogP contribution in [0.5, 0.6) is 0 Å². The highest BCUT2D eigenvalue weighted by atomic mass is 16.4. The molecule has 0 bridgehead atoms. The third-order valence-electron chi connectivity index (χ3n) is 2.25. The molecule has 1 aromatic heterocycles. The van der Waals surface area contributed by atoms with Crippen LogP contribution in [-0.4, -0.2) is 38.5 Å². The number of carbonyl (C=O) groups excluding carboxylic acids is 1. The molecule has 7 nitrogen and oxygen atoms in total. The number of carboxylic acid groups (broad SMARTS) is 1. The number of hydrogen-bond acceptors (Lipinski definition) is 4. The molecule has 0 saturated carbocycles. The molecule has 7 heteroatoms. The summed E-state index contributed by atoms with van der Waals surface area (Å²) in [5.74, 6) is -1.25. The summed E-state index contributed by atoms with van der Waals surface area (Å²) >= 11 is 0. The van der Waals surface area contributed by atoms with Gasteiger partial charge in [-0.25, -0.2) is 9.48 Å². The van der Waals surface area contributed by atoms with Crippen molar-refractivity contribution in [1.82, 2.24) is 20.3 Å². The van der Waals surface area contributed by atoms with E-state index in [0.29, 0.717) is 18.7 Å². The zero-order valence-corrected chi connectivity index (χ0v) is 10.4. The number of nitrogens with zero attached hydrogens (tertiary/aromatic N) is 3. The Morgan fingerprint density at radius 3 is 2.83 bits per heavy atom. The Kier molecular flexibility index (Phi) is 5.04. The minimum absolute atomic E-state index is 0.108. The molecule has 0 aliphatic rings. The van der Waals surface area contributed by atoms with E-state index < -0.39 is 5.97 Å². The summed E-state index contributed by atoms with van der Waals surface area (Å²) in [5.41, 5.74) is 0.561. The van der Waals surface area contributed by atoms with Crippen molar-refractivity contribution in [3.05, 3.63) is 23.5 Å². The van der Waals surface area contributed by atoms with Gasteiger partial charge in [0, 0.05) is 12.1 Å². The fraction of sp³-hybridized carbons (Fsp3) is 0.455. The molecule has 2 N–H and O–H groups in total. The number of hydrogen-bond donors (Lipinski definition) is 2. The number of carboxylic acids is 1. The van der Waals surface area contributed by atoms with Gasteiger partial charge >= 0.3 is 5.97 Å². The molecular formula is C11H16N4O3. The molecule has 0 aliphatic heterocycles. The lowest BCUT2D eigenvalue weighted by atomic mass is 10.2. The normalized spacial score (nSPS) is 11.3. The summed E-state index contributed by atoms with van der Waals surface area (Å²) < 4.78 is 1.38. The number of rotatable bonds is 6. The lowest BCUT2D eigenvalue weighted by molar-refractivity contribution is -0.117. The van der Waals surface area contributed by atoms with Crippen molar-refractivity contribution in [2.45, 2.75) is 26.8 Å². The third kappa shape index (κ3) is 4.00. The Hall–Kier alpha value is -2.18. The van der Waals surface area contributed by atoms with Crippen LogP contribution in [0.2, 0.25) is 0 Å². The standard InChI is InChI=1S/C11H16N4O3/c1-3-4-8(2)10(16)12-5-6-15-7-9(11(17)18)13-14-15/h4,7H,3,5-6H2,1-2H3,(H,12,16)(H,17,18). The van der Waals surface area contributed by atoms with Gasteiger partial charge in [0.1, 0.15) is 0 Å². The summed E-state index contributed by atoms with van der Waals surface area (Å²) in [7, 11) is 0. The smallest absolute Gasteiger partial charge is 0.358 e. The molecule has 0 aliphatic carbocycles. The van der Waals surface area contributed by atoms with Crippen LogP contribution in [-0.2, 0) is 11.3 Å². The van der Waals surface area contributed by atoms with Crippen molar-refractivity contribution < 1.29 is 14.7 Å². The highest BCUT2D eigenvalue weighted by molar-refractivity contribution is 5.92. The number of aromatic nitrogens is 3. The van der Waals surface area contributed by atoms with E-state index in [1.807, 2.05) is 13.0 Å². The van der Waals surface area contributed by atoms with E-state index in [1.54, 1.807) is 6.92 Å². The van der Waals surface area contributed by atoms with Gasteiger partial charge in [-0.05, 0) is 13.3 Å². The van der Waals surface area contributed by atoms with Gasteiger partial charge < -0.3 is 10.4 Å². The predicted molar refractivity (Wildman–Crippen MR) is 64.0 cm³/mol. The zero-order chi connectivity index (χ0) is 13.5. The van der Waals surface area contributed by atoms with Gasteiger partial charge in [-0.2, -0.15) is 0 Å². The monoisotopic (exact) mass is 252 g/mol. The van der Waals surface area contributed by atoms with Gasteiger partial charge in [0.25, 0.3) is 0 Å². The van der Waals surface area contributed by atoms with Gasteiger partial charge in [0.15, 0.2) is 5.69 Å². The summed E-state index contributed by atoms with van der Waals surface area (Å²) in [4.78, 5) is 22.1. The molecule has 1 heterocycles. The lowest BCUT2D eigenvalue weighted by Gasteiger charge is -2.04. The molecule has 1 aromatic rings. The molecule has 0 saturated heterocycles. The second kappa shape index (κ2) is 6.53. The SMILES string of the molecule is CCC=C(C)C(=O)NCCn1cc(C(=O)O)nn1. The van der Waals surface area contributed by atoms with Crippen molar-refractivity contribution in [2.24, 2.45) is 0 Å². The number of aromatic carboxylic acids is 1. The van der Waals surface area contributed by atoms with E-state index in [2.05, 4.69) is 15.6 Å². The Morgan fingerprint density at radius 1 is 1.56 bits per heavy atom. The van der Waals surface area contributed by atoms with Crippen LogP contribution in [0.15, 0.2) is 17.8 Å². The lowest BCUT2D eigenvalue weighted by Crippen LogP contribution is -2.28. The second-order valence-corrected chi connectivity index (χ2v) is 3.72. The van der Waals surface area contributed by atoms with Crippen LogP contribution in [0.1, 0.15) is 30.8 Å². The summed E-state index contributed by atoms with van der Waals surface area (Å²) in [6.45, 7) is 4.46. The highest BCUT2D eigenvalue weighted by Gasteiger charge is 2.08. The first-order chi connectivity index (χ1) is 8.54. The largest absolute Gasteiger partial charge is 0.476 e. The van der Waals surface area contributed by atoms with E-state index >= 15 is 0 Å². The minimum atomic E-state index is -1.12. The number of carbonyl (C=O) groups is 2. The van der Waals surface area contributed by atoms with Crippen LogP contribution in [0.3, 0.4) is 0 Å². The molecule has 18 heavy (non-hydrogen) atoms. The maximum absolute atomic E-state index is 11.5. The second-order valence-electron chi connectivity index (χ2n) is 3.72. The summed E-state index contributed by atoms with van der Waals surface area (Å²) in [6.07, 6.45) is 3.97. The van der Waals surface area contributed by atoms with E-state index in [-0.39, 0.29) is 11.6 Å². The van der Waals surface area contributed by atoms with Gasteiger partial charge in [-0.15, -0.1) is 5.10 Å². The predicted octanol–water partition coefficient (Wildman–Crippen LogP) is 0.449. The summed E-state index contributed by atoms with van der Waals surface area (Å²) in [5, 5.41) is 18.5. The van der Waals surface area contributed by atoms with Crippen LogP contribution >= 0.6 is 0 Å². The molecule has 0 atom stereocenters. The molecular weight excluding hydrogens is 236 g/mol. The van der Waals surface area contributed by atoms with E-state index in [0.717, 1.165) is 6.42 Å². The topological polar surface area (TPSA) is 97.1 Å². The number of amides is 1. The van der Waals surface area contributed by atoms with Crippen LogP contribution < -0.4 is 5.32 Å². The fourth-order valence-electron chi connectivity index (χ4n) is 1.33. The van der Waals surface area contributed by atoms with Crippen LogP contribution in [0.25, 0.3) is 0 Å². The first-order valence-electron chi connectivity index (χ1n) is 5.63. The van der Waals surface area contributed by atoms with Crippen molar-refractivity contribution in [3.63, 3.8) is 0 Å². The van der Waals surface area contributed by atoms with Gasteiger partial charge in [-0.3, -0.25) is 4.79 Å². The first kappa shape index (κ1) is 13.9. The average molecular weight is 252 g/mol. The molecule has 1 amide bonds. The molecule has 0 unspecified atom stereocenters. The van der Waals surface area contributed by atoms with E-state index in [1.165, 1.54) is 10.9 Å². The molecule has 0 aromatic carbocycles. The average Bonchev–Trinajstić information content (AvgIpc) is 2.78. The van der Waals surface area contributed by atoms with Crippen molar-refractivity contribution in [3.8, 4) is 0 Å². The van der Waals surface area contributed by atoms with Crippen molar-refractivity contribution in [1.29, 1.82) is 0 Å². The number of nitrogens with one attached hydrogen (secondary N) is 1. The van der Waals surface area contributed by atoms with Gasteiger partial charge in [-0.1, -0.05) is 18.2 Å². The minimum Gasteiger partial charge on any atom is -0.476 e. The molecule has 0 fully saturated rings. The van der Waals surface area contributed by atoms with Crippen molar-refractivity contribution in [2.75, 3.05) is 6.54 Å². The molecule has 98 valence electrons.